The second-order valence-electron chi connectivity index (χ2n) is 17.9. The lowest BCUT2D eigenvalue weighted by Crippen LogP contribution is -2.46. The van der Waals surface area contributed by atoms with Gasteiger partial charge >= 0.3 is 5.97 Å². The Labute approximate surface area is 378 Å². The molecule has 0 aromatic carbocycles. The fourth-order valence-electron chi connectivity index (χ4n) is 7.95. The van der Waals surface area contributed by atoms with Crippen LogP contribution in [0.1, 0.15) is 265 Å². The van der Waals surface area contributed by atoms with Crippen LogP contribution < -0.4 is 5.32 Å². The number of aliphatic hydroxyl groups excluding tert-OH is 2. The number of allylic oxidation sites excluding steroid dienone is 8. The van der Waals surface area contributed by atoms with Gasteiger partial charge in [0.2, 0.25) is 5.91 Å². The molecule has 356 valence electrons. The third-order valence-corrected chi connectivity index (χ3v) is 11.9. The van der Waals surface area contributed by atoms with Crippen LogP contribution in [0.15, 0.2) is 48.6 Å². The average Bonchev–Trinajstić information content (AvgIpc) is 3.25. The van der Waals surface area contributed by atoms with Crippen LogP contribution in [0.4, 0.5) is 0 Å². The minimum absolute atomic E-state index is 0.0670. The predicted molar refractivity (Wildman–Crippen MR) is 264 cm³/mol. The van der Waals surface area contributed by atoms with Crippen molar-refractivity contribution >= 4 is 11.9 Å². The molecule has 0 saturated heterocycles. The fourth-order valence-corrected chi connectivity index (χ4v) is 7.95. The Bertz CT molecular complexity index is 1050. The highest BCUT2D eigenvalue weighted by molar-refractivity contribution is 5.77. The van der Waals surface area contributed by atoms with Crippen molar-refractivity contribution < 1.29 is 24.5 Å². The van der Waals surface area contributed by atoms with E-state index in [0.29, 0.717) is 19.3 Å². The van der Waals surface area contributed by atoms with Crippen molar-refractivity contribution in [1.82, 2.24) is 5.32 Å². The van der Waals surface area contributed by atoms with E-state index in [2.05, 4.69) is 74.7 Å². The molecule has 0 radical (unpaired) electrons. The summed E-state index contributed by atoms with van der Waals surface area (Å²) in [4.78, 5) is 26.1. The maximum absolute atomic E-state index is 13.2. The molecule has 3 N–H and O–H groups in total. The number of carbonyl (C=O) groups excluding carboxylic acids is 2. The van der Waals surface area contributed by atoms with E-state index in [1.807, 2.05) is 0 Å². The van der Waals surface area contributed by atoms with Crippen LogP contribution in [-0.2, 0) is 14.3 Å². The van der Waals surface area contributed by atoms with Crippen LogP contribution in [0.5, 0.6) is 0 Å². The first kappa shape index (κ1) is 58.8. The molecule has 0 aliphatic carbocycles. The predicted octanol–water partition coefficient (Wildman–Crippen LogP) is 15.8. The molecule has 3 atom stereocenters. The number of hydrogen-bond donors (Lipinski definition) is 3. The molecule has 6 heteroatoms. The Balaban J connectivity index is 4.55. The molecule has 0 fully saturated rings. The van der Waals surface area contributed by atoms with Crippen molar-refractivity contribution in [1.29, 1.82) is 0 Å². The van der Waals surface area contributed by atoms with E-state index in [0.717, 1.165) is 83.5 Å². The molecule has 0 spiro atoms. The van der Waals surface area contributed by atoms with Gasteiger partial charge in [0.15, 0.2) is 0 Å². The van der Waals surface area contributed by atoms with Crippen molar-refractivity contribution in [3.8, 4) is 0 Å². The van der Waals surface area contributed by atoms with E-state index in [1.54, 1.807) is 0 Å². The van der Waals surface area contributed by atoms with Crippen molar-refractivity contribution in [2.24, 2.45) is 0 Å². The number of unbranched alkanes of at least 4 members (excludes halogenated alkanes) is 27. The van der Waals surface area contributed by atoms with Crippen molar-refractivity contribution in [2.75, 3.05) is 6.61 Å². The molecule has 1 amide bonds. The summed E-state index contributed by atoms with van der Waals surface area (Å²) in [5.41, 5.74) is 0. The third-order valence-electron chi connectivity index (χ3n) is 11.9. The largest absolute Gasteiger partial charge is 0.462 e. The molecular weight excluding hydrogens is 755 g/mol. The maximum Gasteiger partial charge on any atom is 0.306 e. The molecule has 0 aromatic heterocycles. The number of ether oxygens (including phenoxy) is 1. The average molecular weight is 856 g/mol. The van der Waals surface area contributed by atoms with Gasteiger partial charge in [0.05, 0.1) is 25.2 Å². The van der Waals surface area contributed by atoms with Crippen LogP contribution in [0.2, 0.25) is 0 Å². The first-order valence-electron chi connectivity index (χ1n) is 26.4. The van der Waals surface area contributed by atoms with Gasteiger partial charge in [-0.2, -0.15) is 0 Å². The molecule has 3 unspecified atom stereocenters. The molecule has 6 nitrogen and oxygen atoms in total. The lowest BCUT2D eigenvalue weighted by molar-refractivity contribution is -0.151. The summed E-state index contributed by atoms with van der Waals surface area (Å²) in [6.45, 7) is 6.37. The van der Waals surface area contributed by atoms with E-state index in [-0.39, 0.29) is 24.9 Å². The molecule has 0 rings (SSSR count). The smallest absolute Gasteiger partial charge is 0.306 e. The normalized spacial score (nSPS) is 13.6. The first-order valence-corrected chi connectivity index (χ1v) is 26.4. The summed E-state index contributed by atoms with van der Waals surface area (Å²) in [5.74, 6) is -0.503. The van der Waals surface area contributed by atoms with Gasteiger partial charge in [-0.15, -0.1) is 0 Å². The van der Waals surface area contributed by atoms with Gasteiger partial charge in [0.25, 0.3) is 0 Å². The number of hydrogen-bond acceptors (Lipinski definition) is 5. The Morgan fingerprint density at radius 2 is 0.885 bits per heavy atom. The molecule has 0 heterocycles. The van der Waals surface area contributed by atoms with Crippen molar-refractivity contribution in [3.63, 3.8) is 0 Å². The Hall–Kier alpha value is -2.18. The Morgan fingerprint density at radius 3 is 1.33 bits per heavy atom. The molecule has 0 aliphatic heterocycles. The van der Waals surface area contributed by atoms with Crippen LogP contribution >= 0.6 is 0 Å². The molecular formula is C55H101NO5. The number of amides is 1. The Kier molecular flexibility index (Phi) is 47.1. The van der Waals surface area contributed by atoms with E-state index >= 15 is 0 Å². The van der Waals surface area contributed by atoms with Gasteiger partial charge in [-0.3, -0.25) is 9.59 Å². The highest BCUT2D eigenvalue weighted by Crippen LogP contribution is 2.18. The minimum atomic E-state index is -0.791. The molecule has 0 saturated carbocycles. The zero-order valence-electron chi connectivity index (χ0n) is 40.5. The zero-order chi connectivity index (χ0) is 44.5. The van der Waals surface area contributed by atoms with E-state index < -0.39 is 18.2 Å². The standard InChI is InChI=1S/C55H101NO5/c1-4-7-10-13-16-19-22-24-26-28-30-33-36-39-42-45-48-55(60)61-51(46-43-40-37-34-31-21-18-15-12-9-6-3)49-54(59)56-52(50-57)53(58)47-44-41-38-35-32-29-27-25-23-20-17-14-11-8-5-2/h7,10,16,19,24,26,30,33,51-53,57-58H,4-6,8-9,11-15,17-18,20-23,25,27-29,31-32,34-50H2,1-3H3,(H,56,59)/b10-7+,19-16+,26-24+,33-30+. The first-order chi connectivity index (χ1) is 30.0. The lowest BCUT2D eigenvalue weighted by Gasteiger charge is -2.24. The van der Waals surface area contributed by atoms with Gasteiger partial charge in [-0.25, -0.2) is 0 Å². The maximum atomic E-state index is 13.2. The topological polar surface area (TPSA) is 95.9 Å². The van der Waals surface area contributed by atoms with Gasteiger partial charge in [0, 0.05) is 6.42 Å². The van der Waals surface area contributed by atoms with Gasteiger partial charge in [-0.05, 0) is 64.2 Å². The third kappa shape index (κ3) is 44.2. The van der Waals surface area contributed by atoms with E-state index in [4.69, 9.17) is 4.74 Å². The SMILES string of the molecule is CC/C=C/C/C=C/C/C=C/C/C=C/CCCCCC(=O)OC(CCCCCCCCCCCCC)CC(=O)NC(CO)C(O)CCCCCCCCCCCCCCCCC. The number of esters is 1. The quantitative estimate of drug-likeness (QED) is 0.0322. The zero-order valence-corrected chi connectivity index (χ0v) is 40.5. The summed E-state index contributed by atoms with van der Waals surface area (Å²) < 4.78 is 5.92. The highest BCUT2D eigenvalue weighted by atomic mass is 16.5. The van der Waals surface area contributed by atoms with Crippen LogP contribution in [0, 0.1) is 0 Å². The van der Waals surface area contributed by atoms with Gasteiger partial charge in [-0.1, -0.05) is 236 Å². The van der Waals surface area contributed by atoms with Crippen LogP contribution in [0.25, 0.3) is 0 Å². The number of carbonyl (C=O) groups is 2. The summed E-state index contributed by atoms with van der Waals surface area (Å²) >= 11 is 0. The van der Waals surface area contributed by atoms with Crippen molar-refractivity contribution in [3.05, 3.63) is 48.6 Å². The number of aliphatic hydroxyl groups is 2. The van der Waals surface area contributed by atoms with Gasteiger partial charge < -0.3 is 20.3 Å². The van der Waals surface area contributed by atoms with Crippen LogP contribution in [0.3, 0.4) is 0 Å². The molecule has 0 bridgehead atoms. The van der Waals surface area contributed by atoms with E-state index in [1.165, 1.54) is 135 Å². The fraction of sp³-hybridized carbons (Fsp3) is 0.818. The summed E-state index contributed by atoms with van der Waals surface area (Å²) in [5, 5.41) is 23.8. The Morgan fingerprint density at radius 1 is 0.492 bits per heavy atom. The number of nitrogens with one attached hydrogen (secondary N) is 1. The van der Waals surface area contributed by atoms with Crippen LogP contribution in [-0.4, -0.2) is 46.9 Å². The summed E-state index contributed by atoms with van der Waals surface area (Å²) in [6, 6.07) is -0.706. The minimum Gasteiger partial charge on any atom is -0.462 e. The molecule has 61 heavy (non-hydrogen) atoms. The van der Waals surface area contributed by atoms with Gasteiger partial charge in [0.1, 0.15) is 6.10 Å². The summed E-state index contributed by atoms with van der Waals surface area (Å²) in [7, 11) is 0. The second-order valence-corrected chi connectivity index (χ2v) is 17.9. The summed E-state index contributed by atoms with van der Waals surface area (Å²) in [6.07, 6.45) is 58.8. The molecule has 0 aromatic rings. The highest BCUT2D eigenvalue weighted by Gasteiger charge is 2.24. The van der Waals surface area contributed by atoms with E-state index in [9.17, 15) is 19.8 Å². The van der Waals surface area contributed by atoms with Crippen molar-refractivity contribution in [2.45, 2.75) is 283 Å². The number of rotatable bonds is 47. The second kappa shape index (κ2) is 48.8. The molecule has 0 aliphatic rings. The lowest BCUT2D eigenvalue weighted by atomic mass is 10.0. The monoisotopic (exact) mass is 856 g/mol.